The zero-order valence-electron chi connectivity index (χ0n) is 8.88. The number of carbonyl (C=O) groups is 1. The van der Waals surface area contributed by atoms with Gasteiger partial charge in [-0.3, -0.25) is 4.79 Å². The molecule has 0 unspecified atom stereocenters. The van der Waals surface area contributed by atoms with Crippen LogP contribution in [0.3, 0.4) is 0 Å². The van der Waals surface area contributed by atoms with Crippen LogP contribution in [-0.4, -0.2) is 11.7 Å². The minimum Gasteiger partial charge on any atom is -0.426 e. The molecule has 4 nitrogen and oxygen atoms in total. The number of benzene rings is 1. The SMILES string of the molecule is O=C(CCS)Oc1ccc2ccc(=O)oc2c1. The lowest BCUT2D eigenvalue weighted by Gasteiger charge is -2.03. The Morgan fingerprint density at radius 2 is 2.06 bits per heavy atom. The Bertz CT molecular complexity index is 603. The summed E-state index contributed by atoms with van der Waals surface area (Å²) in [5.41, 5.74) is -0.0370. The smallest absolute Gasteiger partial charge is 0.336 e. The van der Waals surface area contributed by atoms with Gasteiger partial charge in [-0.1, -0.05) is 0 Å². The Kier molecular flexibility index (Phi) is 3.49. The quantitative estimate of drug-likeness (QED) is 0.392. The van der Waals surface area contributed by atoms with Crippen LogP contribution in [0.1, 0.15) is 6.42 Å². The summed E-state index contributed by atoms with van der Waals surface area (Å²) in [5, 5.41) is 0.776. The Balaban J connectivity index is 2.30. The summed E-state index contributed by atoms with van der Waals surface area (Å²) in [6.45, 7) is 0. The number of thiol groups is 1. The van der Waals surface area contributed by atoms with Crippen LogP contribution >= 0.6 is 12.6 Å². The maximum atomic E-state index is 11.3. The van der Waals surface area contributed by atoms with E-state index in [-0.39, 0.29) is 12.4 Å². The van der Waals surface area contributed by atoms with Crippen LogP contribution in [0.4, 0.5) is 0 Å². The number of ether oxygens (including phenoxy) is 1. The number of esters is 1. The summed E-state index contributed by atoms with van der Waals surface area (Å²) in [7, 11) is 0. The van der Waals surface area contributed by atoms with E-state index in [0.29, 0.717) is 17.1 Å². The largest absolute Gasteiger partial charge is 0.426 e. The van der Waals surface area contributed by atoms with Crippen molar-refractivity contribution in [2.24, 2.45) is 0 Å². The molecule has 0 aliphatic heterocycles. The van der Waals surface area contributed by atoms with Crippen molar-refractivity contribution in [3.63, 3.8) is 0 Å². The van der Waals surface area contributed by atoms with Gasteiger partial charge in [0.2, 0.25) is 0 Å². The molecule has 0 bridgehead atoms. The predicted octanol–water partition coefficient (Wildman–Crippen LogP) is 2.02. The van der Waals surface area contributed by atoms with Gasteiger partial charge in [0.1, 0.15) is 11.3 Å². The van der Waals surface area contributed by atoms with E-state index in [2.05, 4.69) is 12.6 Å². The lowest BCUT2D eigenvalue weighted by Crippen LogP contribution is -2.08. The van der Waals surface area contributed by atoms with Gasteiger partial charge in [0.15, 0.2) is 0 Å². The predicted molar refractivity (Wildman–Crippen MR) is 66.6 cm³/mol. The number of carbonyl (C=O) groups excluding carboxylic acids is 1. The van der Waals surface area contributed by atoms with E-state index in [0.717, 1.165) is 5.39 Å². The number of fused-ring (bicyclic) bond motifs is 1. The monoisotopic (exact) mass is 250 g/mol. The maximum Gasteiger partial charge on any atom is 0.336 e. The molecule has 0 amide bonds. The first-order chi connectivity index (χ1) is 8.19. The van der Waals surface area contributed by atoms with E-state index >= 15 is 0 Å². The molecular weight excluding hydrogens is 240 g/mol. The topological polar surface area (TPSA) is 56.5 Å². The standard InChI is InChI=1S/C12H10O4S/c13-11-4-2-8-1-3-9(7-10(8)16-11)15-12(14)5-6-17/h1-4,7,17H,5-6H2. The Morgan fingerprint density at radius 1 is 1.29 bits per heavy atom. The molecule has 0 N–H and O–H groups in total. The normalized spacial score (nSPS) is 10.4. The summed E-state index contributed by atoms with van der Waals surface area (Å²) in [6, 6.07) is 7.89. The zero-order chi connectivity index (χ0) is 12.3. The molecule has 17 heavy (non-hydrogen) atoms. The average Bonchev–Trinajstić information content (AvgIpc) is 2.28. The molecular formula is C12H10O4S. The average molecular weight is 250 g/mol. The van der Waals surface area contributed by atoms with E-state index in [4.69, 9.17) is 9.15 Å². The molecule has 0 aliphatic rings. The second-order valence-electron chi connectivity index (χ2n) is 3.40. The van der Waals surface area contributed by atoms with Crippen LogP contribution in [0.2, 0.25) is 0 Å². The molecule has 2 aromatic rings. The van der Waals surface area contributed by atoms with Gasteiger partial charge in [0, 0.05) is 23.3 Å². The molecule has 0 atom stereocenters. The third kappa shape index (κ3) is 2.88. The van der Waals surface area contributed by atoms with E-state index in [1.165, 1.54) is 12.1 Å². The van der Waals surface area contributed by atoms with Crippen molar-refractivity contribution in [2.45, 2.75) is 6.42 Å². The molecule has 1 aromatic carbocycles. The first-order valence-electron chi connectivity index (χ1n) is 5.04. The van der Waals surface area contributed by atoms with E-state index < -0.39 is 5.63 Å². The van der Waals surface area contributed by atoms with Crippen LogP contribution in [0.15, 0.2) is 39.5 Å². The lowest BCUT2D eigenvalue weighted by atomic mass is 10.2. The summed E-state index contributed by atoms with van der Waals surface area (Å²) in [6.07, 6.45) is 0.236. The van der Waals surface area contributed by atoms with Gasteiger partial charge in [0.25, 0.3) is 0 Å². The first-order valence-corrected chi connectivity index (χ1v) is 5.68. The van der Waals surface area contributed by atoms with Crippen molar-refractivity contribution in [3.05, 3.63) is 40.8 Å². The van der Waals surface area contributed by atoms with E-state index in [9.17, 15) is 9.59 Å². The maximum absolute atomic E-state index is 11.3. The molecule has 1 heterocycles. The van der Waals surface area contributed by atoms with Crippen LogP contribution in [-0.2, 0) is 4.79 Å². The summed E-state index contributed by atoms with van der Waals surface area (Å²) < 4.78 is 10.0. The summed E-state index contributed by atoms with van der Waals surface area (Å²) in [4.78, 5) is 22.3. The van der Waals surface area contributed by atoms with Crippen LogP contribution in [0, 0.1) is 0 Å². The second-order valence-corrected chi connectivity index (χ2v) is 3.85. The fraction of sp³-hybridized carbons (Fsp3) is 0.167. The zero-order valence-corrected chi connectivity index (χ0v) is 9.78. The van der Waals surface area contributed by atoms with Crippen molar-refractivity contribution in [1.82, 2.24) is 0 Å². The van der Waals surface area contributed by atoms with Gasteiger partial charge < -0.3 is 9.15 Å². The number of rotatable bonds is 3. The molecule has 0 spiro atoms. The van der Waals surface area contributed by atoms with Crippen molar-refractivity contribution in [1.29, 1.82) is 0 Å². The molecule has 1 aromatic heterocycles. The number of hydrogen-bond acceptors (Lipinski definition) is 5. The van der Waals surface area contributed by atoms with Gasteiger partial charge in [-0.2, -0.15) is 12.6 Å². The van der Waals surface area contributed by atoms with Crippen molar-refractivity contribution >= 4 is 29.6 Å². The second kappa shape index (κ2) is 5.05. The van der Waals surface area contributed by atoms with Crippen molar-refractivity contribution in [2.75, 3.05) is 5.75 Å². The molecule has 0 saturated heterocycles. The molecule has 0 radical (unpaired) electrons. The number of hydrogen-bond donors (Lipinski definition) is 1. The lowest BCUT2D eigenvalue weighted by molar-refractivity contribution is -0.133. The molecule has 2 rings (SSSR count). The molecule has 5 heteroatoms. The third-order valence-electron chi connectivity index (χ3n) is 2.14. The van der Waals surface area contributed by atoms with Gasteiger partial charge in [0.05, 0.1) is 6.42 Å². The fourth-order valence-electron chi connectivity index (χ4n) is 1.38. The highest BCUT2D eigenvalue weighted by Gasteiger charge is 2.05. The van der Waals surface area contributed by atoms with Crippen molar-refractivity contribution < 1.29 is 13.9 Å². The molecule has 0 aliphatic carbocycles. The van der Waals surface area contributed by atoms with E-state index in [1.54, 1.807) is 18.2 Å². The first kappa shape index (κ1) is 11.7. The molecule has 0 saturated carbocycles. The fourth-order valence-corrected chi connectivity index (χ4v) is 1.56. The highest BCUT2D eigenvalue weighted by atomic mass is 32.1. The summed E-state index contributed by atoms with van der Waals surface area (Å²) in [5.74, 6) is 0.429. The molecule has 88 valence electrons. The van der Waals surface area contributed by atoms with E-state index in [1.807, 2.05) is 0 Å². The van der Waals surface area contributed by atoms with Crippen LogP contribution in [0.25, 0.3) is 11.0 Å². The van der Waals surface area contributed by atoms with Gasteiger partial charge in [-0.15, -0.1) is 0 Å². The van der Waals surface area contributed by atoms with Gasteiger partial charge in [-0.25, -0.2) is 4.79 Å². The Morgan fingerprint density at radius 3 is 2.82 bits per heavy atom. The van der Waals surface area contributed by atoms with Gasteiger partial charge in [-0.05, 0) is 18.2 Å². The third-order valence-corrected chi connectivity index (χ3v) is 2.37. The van der Waals surface area contributed by atoms with Crippen LogP contribution in [0.5, 0.6) is 5.75 Å². The minimum absolute atomic E-state index is 0.236. The highest BCUT2D eigenvalue weighted by molar-refractivity contribution is 7.80. The van der Waals surface area contributed by atoms with Crippen molar-refractivity contribution in [3.8, 4) is 5.75 Å². The Labute approximate surface area is 103 Å². The minimum atomic E-state index is -0.434. The molecule has 0 fully saturated rings. The highest BCUT2D eigenvalue weighted by Crippen LogP contribution is 2.19. The van der Waals surface area contributed by atoms with Crippen LogP contribution < -0.4 is 10.4 Å². The summed E-state index contributed by atoms with van der Waals surface area (Å²) >= 11 is 3.94. The Hall–Kier alpha value is -1.75. The van der Waals surface area contributed by atoms with Gasteiger partial charge >= 0.3 is 11.6 Å².